The molecular formula is C15H18N4O. The molecule has 0 aliphatic carbocycles. The van der Waals surface area contributed by atoms with Gasteiger partial charge in [0.2, 0.25) is 5.91 Å². The van der Waals surface area contributed by atoms with E-state index in [4.69, 9.17) is 5.73 Å². The van der Waals surface area contributed by atoms with Crippen LogP contribution in [0, 0.1) is 0 Å². The molecule has 5 heteroatoms. The summed E-state index contributed by atoms with van der Waals surface area (Å²) in [5, 5.41) is 4.07. The molecule has 0 saturated carbocycles. The Bertz CT molecular complexity index is 634. The normalized spacial score (nSPS) is 17.9. The standard InChI is InChI=1S/C15H18N4O/c1-11-6-7-12-4-2-3-5-13(12)19(11)15(20)10-18-9-8-14(16)17-18/h2-5,8-9,11H,6-7,10H2,1H3,(H2,16,17). The Morgan fingerprint density at radius 1 is 1.40 bits per heavy atom. The van der Waals surface area contributed by atoms with E-state index in [-0.39, 0.29) is 18.5 Å². The second kappa shape index (κ2) is 5.00. The summed E-state index contributed by atoms with van der Waals surface area (Å²) in [6.07, 6.45) is 3.74. The van der Waals surface area contributed by atoms with Crippen molar-refractivity contribution in [2.75, 3.05) is 10.6 Å². The van der Waals surface area contributed by atoms with Crippen molar-refractivity contribution < 1.29 is 4.79 Å². The van der Waals surface area contributed by atoms with Gasteiger partial charge in [0.05, 0.1) is 0 Å². The van der Waals surface area contributed by atoms with Gasteiger partial charge in [-0.2, -0.15) is 5.10 Å². The van der Waals surface area contributed by atoms with Crippen molar-refractivity contribution in [2.24, 2.45) is 0 Å². The lowest BCUT2D eigenvalue weighted by Gasteiger charge is -2.35. The summed E-state index contributed by atoms with van der Waals surface area (Å²) in [5.41, 5.74) is 7.84. The van der Waals surface area contributed by atoms with Gasteiger partial charge in [-0.15, -0.1) is 0 Å². The van der Waals surface area contributed by atoms with Crippen LogP contribution in [-0.4, -0.2) is 21.7 Å². The Morgan fingerprint density at radius 2 is 2.20 bits per heavy atom. The highest BCUT2D eigenvalue weighted by molar-refractivity contribution is 5.95. The molecule has 0 spiro atoms. The Morgan fingerprint density at radius 3 is 2.95 bits per heavy atom. The molecule has 1 aliphatic heterocycles. The van der Waals surface area contributed by atoms with Crippen LogP contribution in [0.15, 0.2) is 36.5 Å². The number of nitrogens with two attached hydrogens (primary N) is 1. The predicted octanol–water partition coefficient (Wildman–Crippen LogP) is 1.83. The van der Waals surface area contributed by atoms with E-state index in [1.54, 1.807) is 16.9 Å². The first-order chi connectivity index (χ1) is 9.65. The molecule has 1 atom stereocenters. The van der Waals surface area contributed by atoms with Crippen molar-refractivity contribution in [3.8, 4) is 0 Å². The van der Waals surface area contributed by atoms with Crippen LogP contribution in [0.1, 0.15) is 18.9 Å². The summed E-state index contributed by atoms with van der Waals surface area (Å²) in [4.78, 5) is 14.5. The SMILES string of the molecule is CC1CCc2ccccc2N1C(=O)Cn1ccc(N)n1. The summed E-state index contributed by atoms with van der Waals surface area (Å²) in [6, 6.07) is 10.0. The molecule has 2 N–H and O–H groups in total. The van der Waals surface area contributed by atoms with E-state index in [1.807, 2.05) is 23.1 Å². The highest BCUT2D eigenvalue weighted by atomic mass is 16.2. The number of aromatic nitrogens is 2. The number of carbonyl (C=O) groups is 1. The maximum absolute atomic E-state index is 12.6. The number of rotatable bonds is 2. The van der Waals surface area contributed by atoms with E-state index in [1.165, 1.54) is 5.56 Å². The summed E-state index contributed by atoms with van der Waals surface area (Å²) < 4.78 is 1.58. The first-order valence-corrected chi connectivity index (χ1v) is 6.84. The maximum Gasteiger partial charge on any atom is 0.248 e. The minimum atomic E-state index is 0.0488. The zero-order valence-corrected chi connectivity index (χ0v) is 11.5. The van der Waals surface area contributed by atoms with Crippen LogP contribution in [0.4, 0.5) is 11.5 Å². The van der Waals surface area contributed by atoms with Gasteiger partial charge in [-0.3, -0.25) is 9.48 Å². The van der Waals surface area contributed by atoms with Gasteiger partial charge in [0.15, 0.2) is 0 Å². The molecule has 1 unspecified atom stereocenters. The predicted molar refractivity (Wildman–Crippen MR) is 78.4 cm³/mol. The fourth-order valence-corrected chi connectivity index (χ4v) is 2.75. The van der Waals surface area contributed by atoms with E-state index < -0.39 is 0 Å². The zero-order chi connectivity index (χ0) is 14.1. The molecule has 2 aromatic rings. The van der Waals surface area contributed by atoms with E-state index >= 15 is 0 Å². The topological polar surface area (TPSA) is 64.2 Å². The van der Waals surface area contributed by atoms with Crippen molar-refractivity contribution in [3.63, 3.8) is 0 Å². The van der Waals surface area contributed by atoms with Gasteiger partial charge < -0.3 is 10.6 Å². The quantitative estimate of drug-likeness (QED) is 0.905. The smallest absolute Gasteiger partial charge is 0.248 e. The first kappa shape index (κ1) is 12.7. The third-order valence-electron chi connectivity index (χ3n) is 3.75. The third-order valence-corrected chi connectivity index (χ3v) is 3.75. The van der Waals surface area contributed by atoms with Crippen LogP contribution in [-0.2, 0) is 17.8 Å². The Labute approximate surface area is 118 Å². The number of nitrogen functional groups attached to an aromatic ring is 1. The minimum absolute atomic E-state index is 0.0488. The number of para-hydroxylation sites is 1. The largest absolute Gasteiger partial charge is 0.382 e. The Balaban J connectivity index is 1.87. The fraction of sp³-hybridized carbons (Fsp3) is 0.333. The van der Waals surface area contributed by atoms with Crippen molar-refractivity contribution in [3.05, 3.63) is 42.1 Å². The van der Waals surface area contributed by atoms with Crippen LogP contribution in [0.25, 0.3) is 0 Å². The maximum atomic E-state index is 12.6. The van der Waals surface area contributed by atoms with Crippen molar-refractivity contribution in [1.82, 2.24) is 9.78 Å². The molecule has 1 aromatic heterocycles. The molecule has 0 fully saturated rings. The van der Waals surface area contributed by atoms with Gasteiger partial charge >= 0.3 is 0 Å². The van der Waals surface area contributed by atoms with Crippen LogP contribution in [0.3, 0.4) is 0 Å². The van der Waals surface area contributed by atoms with Crippen molar-refractivity contribution in [2.45, 2.75) is 32.4 Å². The van der Waals surface area contributed by atoms with Gasteiger partial charge in [0.25, 0.3) is 0 Å². The zero-order valence-electron chi connectivity index (χ0n) is 11.5. The molecule has 1 aliphatic rings. The number of nitrogens with zero attached hydrogens (tertiary/aromatic N) is 3. The number of anilines is 2. The molecule has 5 nitrogen and oxygen atoms in total. The first-order valence-electron chi connectivity index (χ1n) is 6.84. The molecule has 0 bridgehead atoms. The van der Waals surface area contributed by atoms with Crippen LogP contribution < -0.4 is 10.6 Å². The van der Waals surface area contributed by atoms with Crippen molar-refractivity contribution >= 4 is 17.4 Å². The molecular weight excluding hydrogens is 252 g/mol. The van der Waals surface area contributed by atoms with Gasteiger partial charge in [-0.1, -0.05) is 18.2 Å². The number of hydrogen-bond acceptors (Lipinski definition) is 3. The minimum Gasteiger partial charge on any atom is -0.382 e. The number of aryl methyl sites for hydroxylation is 1. The average Bonchev–Trinajstić information content (AvgIpc) is 2.83. The molecule has 1 aromatic carbocycles. The summed E-state index contributed by atoms with van der Waals surface area (Å²) in [6.45, 7) is 2.31. The summed E-state index contributed by atoms with van der Waals surface area (Å²) >= 11 is 0. The number of amides is 1. The van der Waals surface area contributed by atoms with Crippen LogP contribution >= 0.6 is 0 Å². The lowest BCUT2D eigenvalue weighted by Crippen LogP contribution is -2.43. The molecule has 2 heterocycles. The van der Waals surface area contributed by atoms with Crippen LogP contribution in [0.5, 0.6) is 0 Å². The molecule has 20 heavy (non-hydrogen) atoms. The Hall–Kier alpha value is -2.30. The van der Waals surface area contributed by atoms with E-state index in [0.29, 0.717) is 5.82 Å². The number of hydrogen-bond donors (Lipinski definition) is 1. The van der Waals surface area contributed by atoms with E-state index in [2.05, 4.69) is 18.1 Å². The highest BCUT2D eigenvalue weighted by Crippen LogP contribution is 2.30. The van der Waals surface area contributed by atoms with Gasteiger partial charge in [0, 0.05) is 17.9 Å². The van der Waals surface area contributed by atoms with Gasteiger partial charge in [0.1, 0.15) is 12.4 Å². The van der Waals surface area contributed by atoms with Gasteiger partial charge in [-0.25, -0.2) is 0 Å². The van der Waals surface area contributed by atoms with Crippen molar-refractivity contribution in [1.29, 1.82) is 0 Å². The van der Waals surface area contributed by atoms with E-state index in [9.17, 15) is 4.79 Å². The molecule has 104 valence electrons. The van der Waals surface area contributed by atoms with Gasteiger partial charge in [-0.05, 0) is 37.5 Å². The molecule has 0 saturated heterocycles. The number of fused-ring (bicyclic) bond motifs is 1. The fourth-order valence-electron chi connectivity index (χ4n) is 2.75. The molecule has 1 amide bonds. The lowest BCUT2D eigenvalue weighted by molar-refractivity contribution is -0.119. The van der Waals surface area contributed by atoms with Crippen LogP contribution in [0.2, 0.25) is 0 Å². The third kappa shape index (κ3) is 2.27. The average molecular weight is 270 g/mol. The van der Waals surface area contributed by atoms with E-state index in [0.717, 1.165) is 18.5 Å². The Kier molecular flexibility index (Phi) is 3.18. The summed E-state index contributed by atoms with van der Waals surface area (Å²) in [5.74, 6) is 0.484. The molecule has 0 radical (unpaired) electrons. The lowest BCUT2D eigenvalue weighted by atomic mass is 9.96. The number of carbonyl (C=O) groups excluding carboxylic acids is 1. The molecule has 3 rings (SSSR count). The monoisotopic (exact) mass is 270 g/mol. The number of benzene rings is 1. The second-order valence-electron chi connectivity index (χ2n) is 5.22. The summed E-state index contributed by atoms with van der Waals surface area (Å²) in [7, 11) is 0. The second-order valence-corrected chi connectivity index (χ2v) is 5.22. The highest BCUT2D eigenvalue weighted by Gasteiger charge is 2.27.